The number of nitrogens with zero attached hydrogens (tertiary/aromatic N) is 1. The number of amides is 1. The van der Waals surface area contributed by atoms with Crippen molar-refractivity contribution in [1.29, 1.82) is 0 Å². The van der Waals surface area contributed by atoms with E-state index in [9.17, 15) is 13.2 Å². The zero-order chi connectivity index (χ0) is 14.8. The summed E-state index contributed by atoms with van der Waals surface area (Å²) in [5.74, 6) is -0.0770. The molecule has 0 aromatic heterocycles. The molecule has 110 valence electrons. The third kappa shape index (κ3) is 3.37. The van der Waals surface area contributed by atoms with Crippen LogP contribution >= 0.6 is 0 Å². The molecule has 1 saturated heterocycles. The van der Waals surface area contributed by atoms with Gasteiger partial charge < -0.3 is 9.64 Å². The number of rotatable bonds is 3. The van der Waals surface area contributed by atoms with Gasteiger partial charge in [0, 0.05) is 24.9 Å². The number of sulfone groups is 1. The van der Waals surface area contributed by atoms with E-state index in [-0.39, 0.29) is 16.9 Å². The van der Waals surface area contributed by atoms with E-state index in [1.807, 2.05) is 6.92 Å². The van der Waals surface area contributed by atoms with Gasteiger partial charge in [0.1, 0.15) is 0 Å². The Balaban J connectivity index is 2.13. The molecule has 1 amide bonds. The summed E-state index contributed by atoms with van der Waals surface area (Å²) in [6.07, 6.45) is 2.11. The molecule has 1 fully saturated rings. The molecule has 1 aliphatic rings. The van der Waals surface area contributed by atoms with Gasteiger partial charge in [-0.15, -0.1) is 0 Å². The Morgan fingerprint density at radius 2 is 2.00 bits per heavy atom. The number of benzene rings is 1. The summed E-state index contributed by atoms with van der Waals surface area (Å²) in [5.41, 5.74) is 0.508. The Kier molecular flexibility index (Phi) is 4.45. The third-order valence-corrected chi connectivity index (χ3v) is 4.54. The van der Waals surface area contributed by atoms with E-state index in [4.69, 9.17) is 4.74 Å². The SMILES string of the molecule is CC[C@@H]1CN(C(=O)c2ccc(S(C)(=O)=O)cc2)CCO1. The maximum Gasteiger partial charge on any atom is 0.254 e. The van der Waals surface area contributed by atoms with E-state index in [1.165, 1.54) is 12.1 Å². The summed E-state index contributed by atoms with van der Waals surface area (Å²) in [7, 11) is -3.23. The molecule has 0 saturated carbocycles. The zero-order valence-electron chi connectivity index (χ0n) is 11.7. The fraction of sp³-hybridized carbons (Fsp3) is 0.500. The fourth-order valence-electron chi connectivity index (χ4n) is 2.18. The van der Waals surface area contributed by atoms with Gasteiger partial charge in [-0.2, -0.15) is 0 Å². The topological polar surface area (TPSA) is 63.7 Å². The highest BCUT2D eigenvalue weighted by molar-refractivity contribution is 7.90. The molecule has 0 unspecified atom stereocenters. The minimum absolute atomic E-state index is 0.0770. The van der Waals surface area contributed by atoms with Crippen molar-refractivity contribution in [2.75, 3.05) is 26.0 Å². The van der Waals surface area contributed by atoms with E-state index in [2.05, 4.69) is 0 Å². The summed E-state index contributed by atoms with van der Waals surface area (Å²) in [6, 6.07) is 6.07. The maximum atomic E-state index is 12.3. The van der Waals surface area contributed by atoms with E-state index >= 15 is 0 Å². The molecule has 20 heavy (non-hydrogen) atoms. The Morgan fingerprint density at radius 1 is 1.35 bits per heavy atom. The average Bonchev–Trinajstić information content (AvgIpc) is 2.46. The largest absolute Gasteiger partial charge is 0.375 e. The molecule has 0 N–H and O–H groups in total. The first-order chi connectivity index (χ1) is 9.41. The number of carbonyl (C=O) groups excluding carboxylic acids is 1. The molecule has 1 aromatic carbocycles. The van der Waals surface area contributed by atoms with Crippen LogP contribution in [0.5, 0.6) is 0 Å². The maximum absolute atomic E-state index is 12.3. The number of morpholine rings is 1. The lowest BCUT2D eigenvalue weighted by atomic mass is 10.1. The van der Waals surface area contributed by atoms with Crippen LogP contribution in [0.4, 0.5) is 0 Å². The molecular weight excluding hydrogens is 278 g/mol. The number of ether oxygens (including phenoxy) is 1. The Morgan fingerprint density at radius 3 is 2.55 bits per heavy atom. The van der Waals surface area contributed by atoms with E-state index in [1.54, 1.807) is 17.0 Å². The second-order valence-electron chi connectivity index (χ2n) is 4.95. The molecule has 0 bridgehead atoms. The summed E-state index contributed by atoms with van der Waals surface area (Å²) in [5, 5.41) is 0. The van der Waals surface area contributed by atoms with E-state index in [0.29, 0.717) is 25.3 Å². The Bertz CT molecular complexity index is 580. The van der Waals surface area contributed by atoms with Gasteiger partial charge in [0.15, 0.2) is 9.84 Å². The summed E-state index contributed by atoms with van der Waals surface area (Å²) < 4.78 is 28.3. The van der Waals surface area contributed by atoms with Crippen LogP contribution in [0.15, 0.2) is 29.2 Å². The fourth-order valence-corrected chi connectivity index (χ4v) is 2.81. The van der Waals surface area contributed by atoms with Crippen LogP contribution in [0.2, 0.25) is 0 Å². The van der Waals surface area contributed by atoms with Crippen LogP contribution in [0.3, 0.4) is 0 Å². The van der Waals surface area contributed by atoms with Crippen LogP contribution in [0.1, 0.15) is 23.7 Å². The van der Waals surface area contributed by atoms with Crippen molar-refractivity contribution in [3.63, 3.8) is 0 Å². The molecule has 0 aliphatic carbocycles. The lowest BCUT2D eigenvalue weighted by molar-refractivity contribution is -0.0226. The highest BCUT2D eigenvalue weighted by Crippen LogP contribution is 2.15. The van der Waals surface area contributed by atoms with Gasteiger partial charge in [-0.3, -0.25) is 4.79 Å². The van der Waals surface area contributed by atoms with Crippen molar-refractivity contribution < 1.29 is 17.9 Å². The van der Waals surface area contributed by atoms with Gasteiger partial charge in [-0.1, -0.05) is 6.92 Å². The zero-order valence-corrected chi connectivity index (χ0v) is 12.5. The van der Waals surface area contributed by atoms with E-state index in [0.717, 1.165) is 12.7 Å². The van der Waals surface area contributed by atoms with E-state index < -0.39 is 9.84 Å². The monoisotopic (exact) mass is 297 g/mol. The minimum atomic E-state index is -3.23. The molecule has 1 heterocycles. The predicted molar refractivity (Wildman–Crippen MR) is 75.5 cm³/mol. The highest BCUT2D eigenvalue weighted by atomic mass is 32.2. The lowest BCUT2D eigenvalue weighted by Crippen LogP contribution is -2.45. The van der Waals surface area contributed by atoms with Crippen molar-refractivity contribution in [2.45, 2.75) is 24.3 Å². The molecular formula is C14H19NO4S. The summed E-state index contributed by atoms with van der Waals surface area (Å²) in [4.78, 5) is 14.3. The first-order valence-electron chi connectivity index (χ1n) is 6.63. The molecule has 0 radical (unpaired) electrons. The molecule has 1 aromatic rings. The summed E-state index contributed by atoms with van der Waals surface area (Å²) in [6.45, 7) is 3.73. The van der Waals surface area contributed by atoms with Gasteiger partial charge >= 0.3 is 0 Å². The van der Waals surface area contributed by atoms with Gasteiger partial charge in [0.25, 0.3) is 5.91 Å². The molecule has 1 atom stereocenters. The summed E-state index contributed by atoms with van der Waals surface area (Å²) >= 11 is 0. The Labute approximate surface area is 119 Å². The second kappa shape index (κ2) is 5.93. The second-order valence-corrected chi connectivity index (χ2v) is 6.96. The average molecular weight is 297 g/mol. The lowest BCUT2D eigenvalue weighted by Gasteiger charge is -2.32. The van der Waals surface area contributed by atoms with Crippen LogP contribution in [-0.2, 0) is 14.6 Å². The molecule has 5 nitrogen and oxygen atoms in total. The quantitative estimate of drug-likeness (QED) is 0.844. The number of hydrogen-bond acceptors (Lipinski definition) is 4. The van der Waals surface area contributed by atoms with Crippen molar-refractivity contribution in [3.05, 3.63) is 29.8 Å². The number of hydrogen-bond donors (Lipinski definition) is 0. The van der Waals surface area contributed by atoms with Crippen LogP contribution < -0.4 is 0 Å². The van der Waals surface area contributed by atoms with Gasteiger partial charge in [-0.25, -0.2) is 8.42 Å². The smallest absolute Gasteiger partial charge is 0.254 e. The third-order valence-electron chi connectivity index (χ3n) is 3.41. The highest BCUT2D eigenvalue weighted by Gasteiger charge is 2.24. The number of carbonyl (C=O) groups is 1. The van der Waals surface area contributed by atoms with Crippen LogP contribution in [0, 0.1) is 0 Å². The van der Waals surface area contributed by atoms with Gasteiger partial charge in [0.05, 0.1) is 17.6 Å². The molecule has 2 rings (SSSR count). The standard InChI is InChI=1S/C14H19NO4S/c1-3-12-10-15(8-9-19-12)14(16)11-4-6-13(7-5-11)20(2,17)18/h4-7,12H,3,8-10H2,1-2H3/t12-/m1/s1. The van der Waals surface area contributed by atoms with Crippen molar-refractivity contribution >= 4 is 15.7 Å². The molecule has 1 aliphatic heterocycles. The first kappa shape index (κ1) is 15.0. The van der Waals surface area contributed by atoms with Gasteiger partial charge in [0.2, 0.25) is 0 Å². The normalized spacial score (nSPS) is 19.9. The molecule has 6 heteroatoms. The van der Waals surface area contributed by atoms with Gasteiger partial charge in [-0.05, 0) is 30.7 Å². The van der Waals surface area contributed by atoms with Crippen LogP contribution in [-0.4, -0.2) is 51.3 Å². The minimum Gasteiger partial charge on any atom is -0.375 e. The van der Waals surface area contributed by atoms with Crippen molar-refractivity contribution in [3.8, 4) is 0 Å². The van der Waals surface area contributed by atoms with Crippen molar-refractivity contribution in [1.82, 2.24) is 4.90 Å². The predicted octanol–water partition coefficient (Wildman–Crippen LogP) is 1.34. The first-order valence-corrected chi connectivity index (χ1v) is 8.52. The molecule has 0 spiro atoms. The van der Waals surface area contributed by atoms with Crippen molar-refractivity contribution in [2.24, 2.45) is 0 Å². The Hall–Kier alpha value is -1.40. The van der Waals surface area contributed by atoms with Crippen LogP contribution in [0.25, 0.3) is 0 Å².